The molecule has 0 saturated carbocycles. The fraction of sp³-hybridized carbons (Fsp3) is 0.462. The molecule has 0 aliphatic carbocycles. The van der Waals surface area contributed by atoms with E-state index in [4.69, 9.17) is 0 Å². The normalized spacial score (nSPS) is 14.9. The van der Waals surface area contributed by atoms with Crippen molar-refractivity contribution in [2.45, 2.75) is 37.6 Å². The van der Waals surface area contributed by atoms with Crippen molar-refractivity contribution in [3.8, 4) is 5.75 Å². The van der Waals surface area contributed by atoms with E-state index >= 15 is 0 Å². The molecule has 0 fully saturated rings. The summed E-state index contributed by atoms with van der Waals surface area (Å²) >= 11 is 0. The molecular formula is C13H8F10O3. The van der Waals surface area contributed by atoms with Crippen molar-refractivity contribution in [3.05, 3.63) is 29.8 Å². The average Bonchev–Trinajstić information content (AvgIpc) is 2.45. The lowest BCUT2D eigenvalue weighted by Crippen LogP contribution is -2.56. The molecule has 0 bridgehead atoms. The number of alkyl halides is 10. The summed E-state index contributed by atoms with van der Waals surface area (Å²) in [6, 6.07) is 3.21. The molecule has 0 spiro atoms. The Bertz CT molecular complexity index is 639. The van der Waals surface area contributed by atoms with Gasteiger partial charge in [0.05, 0.1) is 0 Å². The minimum atomic E-state index is -6.94. The molecule has 0 N–H and O–H groups in total. The van der Waals surface area contributed by atoms with Crippen molar-refractivity contribution in [1.82, 2.24) is 0 Å². The molecule has 1 atom stereocenters. The number of carbonyl (C=O) groups is 1. The van der Waals surface area contributed by atoms with E-state index in [0.29, 0.717) is 12.1 Å². The number of benzene rings is 1. The Labute approximate surface area is 138 Å². The first-order valence-electron chi connectivity index (χ1n) is 6.33. The first-order chi connectivity index (χ1) is 11.5. The maximum Gasteiger partial charge on any atom is 0.462 e. The van der Waals surface area contributed by atoms with Gasteiger partial charge in [0.2, 0.25) is 0 Å². The highest BCUT2D eigenvalue weighted by molar-refractivity contribution is 5.94. The largest absolute Gasteiger partial charge is 0.462 e. The molecular weight excluding hydrogens is 394 g/mol. The highest BCUT2D eigenvalue weighted by Gasteiger charge is 2.76. The fourth-order valence-corrected chi connectivity index (χ4v) is 1.40. The molecule has 0 radical (unpaired) electrons. The third-order valence-electron chi connectivity index (χ3n) is 2.75. The highest BCUT2D eigenvalue weighted by Crippen LogP contribution is 2.48. The molecule has 148 valence electrons. The van der Waals surface area contributed by atoms with Crippen LogP contribution in [0.5, 0.6) is 5.75 Å². The lowest BCUT2D eigenvalue weighted by atomic mass is 10.1. The van der Waals surface area contributed by atoms with Crippen LogP contribution in [0.15, 0.2) is 24.3 Å². The smallest absolute Gasteiger partial charge is 0.429 e. The van der Waals surface area contributed by atoms with E-state index in [9.17, 15) is 48.7 Å². The van der Waals surface area contributed by atoms with E-state index in [0.717, 1.165) is 19.1 Å². The maximum absolute atomic E-state index is 13.3. The number of hydrogen-bond donors (Lipinski definition) is 0. The molecule has 1 unspecified atom stereocenters. The van der Waals surface area contributed by atoms with Crippen molar-refractivity contribution < 1.29 is 58.2 Å². The molecule has 26 heavy (non-hydrogen) atoms. The second-order valence-electron chi connectivity index (χ2n) is 4.77. The lowest BCUT2D eigenvalue weighted by Gasteiger charge is -2.30. The van der Waals surface area contributed by atoms with Gasteiger partial charge in [-0.25, -0.2) is 4.39 Å². The molecule has 0 saturated heterocycles. The van der Waals surface area contributed by atoms with Crippen LogP contribution in [0.25, 0.3) is 0 Å². The topological polar surface area (TPSA) is 35.5 Å². The summed E-state index contributed by atoms with van der Waals surface area (Å²) in [6.45, 7) is 1.11. The number of ketones is 1. The maximum atomic E-state index is 13.3. The van der Waals surface area contributed by atoms with Gasteiger partial charge < -0.3 is 4.74 Å². The van der Waals surface area contributed by atoms with E-state index in [-0.39, 0.29) is 5.56 Å². The van der Waals surface area contributed by atoms with Gasteiger partial charge in [0, 0.05) is 5.56 Å². The van der Waals surface area contributed by atoms with Gasteiger partial charge in [-0.2, -0.15) is 39.5 Å². The van der Waals surface area contributed by atoms with Gasteiger partial charge in [-0.05, 0) is 31.2 Å². The van der Waals surface area contributed by atoms with E-state index in [1.54, 1.807) is 0 Å². The van der Waals surface area contributed by atoms with Gasteiger partial charge in [-0.1, -0.05) is 0 Å². The zero-order valence-electron chi connectivity index (χ0n) is 12.4. The van der Waals surface area contributed by atoms with Crippen molar-refractivity contribution in [2.24, 2.45) is 0 Å². The minimum Gasteiger partial charge on any atom is -0.429 e. The van der Waals surface area contributed by atoms with Crippen molar-refractivity contribution in [2.75, 3.05) is 0 Å². The van der Waals surface area contributed by atoms with Gasteiger partial charge in [-0.3, -0.25) is 9.53 Å². The monoisotopic (exact) mass is 402 g/mol. The molecule has 3 nitrogen and oxygen atoms in total. The Morgan fingerprint density at radius 3 is 1.77 bits per heavy atom. The van der Waals surface area contributed by atoms with E-state index in [1.807, 2.05) is 0 Å². The van der Waals surface area contributed by atoms with Crippen LogP contribution in [0.4, 0.5) is 43.9 Å². The van der Waals surface area contributed by atoms with Crippen LogP contribution in [0.3, 0.4) is 0 Å². The van der Waals surface area contributed by atoms with Crippen LogP contribution in [0, 0.1) is 0 Å². The fourth-order valence-electron chi connectivity index (χ4n) is 1.40. The third kappa shape index (κ3) is 4.56. The SMILES string of the molecule is CC(=O)c1ccc(OC(F)(F)C(F)OC(F)(F)C(F)(F)C(F)(F)F)cc1. The second kappa shape index (κ2) is 6.93. The number of carbonyl (C=O) groups excluding carboxylic acids is 1. The predicted molar refractivity (Wildman–Crippen MR) is 64.0 cm³/mol. The van der Waals surface area contributed by atoms with Crippen LogP contribution in [0.2, 0.25) is 0 Å². The summed E-state index contributed by atoms with van der Waals surface area (Å²) in [5.41, 5.74) is 0.00469. The molecule has 1 rings (SSSR count). The Hall–Kier alpha value is -2.05. The van der Waals surface area contributed by atoms with Crippen LogP contribution < -0.4 is 4.74 Å². The lowest BCUT2D eigenvalue weighted by molar-refractivity contribution is -0.460. The average molecular weight is 402 g/mol. The Balaban J connectivity index is 2.93. The van der Waals surface area contributed by atoms with Gasteiger partial charge in [0.15, 0.2) is 5.78 Å². The Morgan fingerprint density at radius 1 is 0.923 bits per heavy atom. The molecule has 0 aliphatic heterocycles. The molecule has 1 aromatic carbocycles. The molecule has 0 heterocycles. The molecule has 0 amide bonds. The zero-order valence-corrected chi connectivity index (χ0v) is 12.4. The number of hydrogen-bond acceptors (Lipinski definition) is 3. The summed E-state index contributed by atoms with van der Waals surface area (Å²) < 4.78 is 132. The Kier molecular flexibility index (Phi) is 5.86. The Morgan fingerprint density at radius 2 is 1.38 bits per heavy atom. The van der Waals surface area contributed by atoms with Crippen molar-refractivity contribution >= 4 is 5.78 Å². The summed E-state index contributed by atoms with van der Waals surface area (Å²) in [7, 11) is 0. The predicted octanol–water partition coefficient (Wildman–Crippen LogP) is 4.96. The quantitative estimate of drug-likeness (QED) is 0.478. The minimum absolute atomic E-state index is 0.00469. The van der Waals surface area contributed by atoms with Gasteiger partial charge in [0.25, 0.3) is 0 Å². The molecule has 13 heteroatoms. The third-order valence-corrected chi connectivity index (χ3v) is 2.75. The van der Waals surface area contributed by atoms with E-state index in [1.165, 1.54) is 0 Å². The standard InChI is InChI=1S/C13H8F10O3/c1-6(24)7-2-4-8(5-3-7)25-10(15,16)9(14)26-13(22,23)11(17,18)12(19,20)21/h2-5,9H,1H3. The zero-order chi connectivity index (χ0) is 20.6. The summed E-state index contributed by atoms with van der Waals surface area (Å²) in [5, 5.41) is 0. The molecule has 0 aromatic heterocycles. The molecule has 1 aromatic rings. The van der Waals surface area contributed by atoms with Crippen molar-refractivity contribution in [3.63, 3.8) is 0 Å². The van der Waals surface area contributed by atoms with E-state index < -0.39 is 42.2 Å². The van der Waals surface area contributed by atoms with Crippen LogP contribution in [-0.2, 0) is 4.74 Å². The van der Waals surface area contributed by atoms with Crippen molar-refractivity contribution in [1.29, 1.82) is 0 Å². The first-order valence-corrected chi connectivity index (χ1v) is 6.33. The first kappa shape index (κ1) is 22.0. The number of ether oxygens (including phenoxy) is 2. The highest BCUT2D eigenvalue weighted by atomic mass is 19.4. The van der Waals surface area contributed by atoms with Gasteiger partial charge in [-0.15, -0.1) is 0 Å². The summed E-state index contributed by atoms with van der Waals surface area (Å²) in [4.78, 5) is 11.0. The van der Waals surface area contributed by atoms with Crippen LogP contribution in [-0.4, -0.2) is 36.5 Å². The van der Waals surface area contributed by atoms with Gasteiger partial charge >= 0.3 is 30.7 Å². The summed E-state index contributed by atoms with van der Waals surface area (Å²) in [6.07, 6.45) is -23.6. The van der Waals surface area contributed by atoms with E-state index in [2.05, 4.69) is 9.47 Å². The second-order valence-corrected chi connectivity index (χ2v) is 4.77. The number of rotatable bonds is 7. The van der Waals surface area contributed by atoms with Gasteiger partial charge in [0.1, 0.15) is 5.75 Å². The molecule has 0 aliphatic rings. The van der Waals surface area contributed by atoms with Crippen LogP contribution in [0.1, 0.15) is 17.3 Å². The number of halogens is 10. The van der Waals surface area contributed by atoms with Crippen LogP contribution >= 0.6 is 0 Å². The summed E-state index contributed by atoms with van der Waals surface area (Å²) in [5.74, 6) is -8.34. The number of Topliss-reactive ketones (excluding diaryl/α,β-unsaturated/α-hetero) is 1.